The number of aromatic nitrogens is 1. The van der Waals surface area contributed by atoms with Gasteiger partial charge in [0.15, 0.2) is 4.80 Å². The van der Waals surface area contributed by atoms with Crippen molar-refractivity contribution in [2.45, 2.75) is 32.9 Å². The minimum Gasteiger partial charge on any atom is -0.497 e. The molecule has 0 bridgehead atoms. The molecule has 0 unspecified atom stereocenters. The summed E-state index contributed by atoms with van der Waals surface area (Å²) >= 11 is 1.25. The van der Waals surface area contributed by atoms with Crippen LogP contribution >= 0.6 is 11.3 Å². The zero-order chi connectivity index (χ0) is 22.1. The van der Waals surface area contributed by atoms with Crippen molar-refractivity contribution in [1.82, 2.24) is 4.57 Å². The van der Waals surface area contributed by atoms with Crippen LogP contribution in [-0.2, 0) is 9.53 Å². The molecule has 0 radical (unpaired) electrons. The number of fused-ring (bicyclic) bond motifs is 1. The van der Waals surface area contributed by atoms with Crippen LogP contribution < -0.4 is 19.6 Å². The van der Waals surface area contributed by atoms with Gasteiger partial charge in [0, 0.05) is 6.08 Å². The quantitative estimate of drug-likeness (QED) is 0.572. The van der Waals surface area contributed by atoms with Crippen LogP contribution in [0.15, 0.2) is 68.1 Å². The first kappa shape index (κ1) is 20.9. The van der Waals surface area contributed by atoms with Gasteiger partial charge in [-0.3, -0.25) is 9.36 Å². The highest BCUT2D eigenvalue weighted by atomic mass is 32.1. The molecule has 4 rings (SSSR count). The molecular formula is C23H22N2O5S. The van der Waals surface area contributed by atoms with Crippen molar-refractivity contribution in [2.24, 2.45) is 4.99 Å². The van der Waals surface area contributed by atoms with Crippen LogP contribution in [0.5, 0.6) is 5.75 Å². The summed E-state index contributed by atoms with van der Waals surface area (Å²) in [5.74, 6) is 0.764. The molecule has 3 heterocycles. The Kier molecular flexibility index (Phi) is 5.65. The number of hydrogen-bond donors (Lipinski definition) is 0. The van der Waals surface area contributed by atoms with E-state index in [9.17, 15) is 9.59 Å². The van der Waals surface area contributed by atoms with E-state index in [1.54, 1.807) is 69.1 Å². The summed E-state index contributed by atoms with van der Waals surface area (Å²) < 4.78 is 18.1. The van der Waals surface area contributed by atoms with Crippen molar-refractivity contribution < 1.29 is 18.7 Å². The Balaban J connectivity index is 1.94. The summed E-state index contributed by atoms with van der Waals surface area (Å²) in [4.78, 5) is 31.5. The van der Waals surface area contributed by atoms with Crippen molar-refractivity contribution in [1.29, 1.82) is 0 Å². The molecule has 1 atom stereocenters. The molecule has 160 valence electrons. The lowest BCUT2D eigenvalue weighted by Crippen LogP contribution is -2.40. The van der Waals surface area contributed by atoms with Crippen molar-refractivity contribution in [3.05, 3.63) is 84.9 Å². The second-order valence-corrected chi connectivity index (χ2v) is 8.33. The Bertz CT molecular complexity index is 1310. The number of rotatable bonds is 5. The highest BCUT2D eigenvalue weighted by molar-refractivity contribution is 7.07. The Hall–Kier alpha value is -3.39. The number of carbonyl (C=O) groups is 1. The number of allylic oxidation sites excluding steroid dienone is 1. The Morgan fingerprint density at radius 1 is 1.26 bits per heavy atom. The van der Waals surface area contributed by atoms with Gasteiger partial charge in [0.25, 0.3) is 5.56 Å². The normalized spacial score (nSPS) is 16.3. The van der Waals surface area contributed by atoms with E-state index in [1.165, 1.54) is 11.3 Å². The fraction of sp³-hybridized carbons (Fsp3) is 0.261. The van der Waals surface area contributed by atoms with E-state index in [0.29, 0.717) is 32.1 Å². The van der Waals surface area contributed by atoms with Gasteiger partial charge in [0.1, 0.15) is 11.5 Å². The van der Waals surface area contributed by atoms with E-state index in [4.69, 9.17) is 13.9 Å². The minimum absolute atomic E-state index is 0.247. The van der Waals surface area contributed by atoms with Crippen molar-refractivity contribution in [3.8, 4) is 5.75 Å². The topological polar surface area (TPSA) is 83.0 Å². The number of carbonyl (C=O) groups excluding carboxylic acids is 1. The highest BCUT2D eigenvalue weighted by Crippen LogP contribution is 2.31. The lowest BCUT2D eigenvalue weighted by Gasteiger charge is -2.25. The maximum atomic E-state index is 13.4. The van der Waals surface area contributed by atoms with Crippen LogP contribution in [0.4, 0.5) is 0 Å². The molecule has 2 aromatic heterocycles. The van der Waals surface area contributed by atoms with Gasteiger partial charge >= 0.3 is 5.97 Å². The van der Waals surface area contributed by atoms with Crippen LogP contribution in [0, 0.1) is 0 Å². The van der Waals surface area contributed by atoms with Gasteiger partial charge in [-0.05, 0) is 50.6 Å². The van der Waals surface area contributed by atoms with E-state index in [1.807, 2.05) is 12.1 Å². The first-order valence-corrected chi connectivity index (χ1v) is 10.6. The number of methoxy groups -OCH3 is 1. The number of esters is 1. The predicted octanol–water partition coefficient (Wildman–Crippen LogP) is 2.79. The molecule has 0 fully saturated rings. The molecule has 0 aliphatic carbocycles. The van der Waals surface area contributed by atoms with Gasteiger partial charge in [-0.2, -0.15) is 0 Å². The van der Waals surface area contributed by atoms with Crippen LogP contribution in [0.3, 0.4) is 0 Å². The maximum Gasteiger partial charge on any atom is 0.338 e. The van der Waals surface area contributed by atoms with Gasteiger partial charge in [0.2, 0.25) is 0 Å². The number of hydrogen-bond acceptors (Lipinski definition) is 7. The third-order valence-corrected chi connectivity index (χ3v) is 5.82. The molecule has 0 saturated carbocycles. The fourth-order valence-corrected chi connectivity index (χ4v) is 4.49. The third kappa shape index (κ3) is 3.98. The Labute approximate surface area is 182 Å². The molecule has 31 heavy (non-hydrogen) atoms. The number of benzene rings is 1. The van der Waals surface area contributed by atoms with Gasteiger partial charge in [0.05, 0.1) is 41.3 Å². The van der Waals surface area contributed by atoms with Crippen LogP contribution in [0.1, 0.15) is 38.1 Å². The number of nitrogens with zero attached hydrogens (tertiary/aromatic N) is 2. The Morgan fingerprint density at radius 3 is 2.61 bits per heavy atom. The van der Waals surface area contributed by atoms with Crippen molar-refractivity contribution >= 4 is 23.4 Å². The second kappa shape index (κ2) is 8.39. The smallest absolute Gasteiger partial charge is 0.338 e. The van der Waals surface area contributed by atoms with E-state index < -0.39 is 12.0 Å². The van der Waals surface area contributed by atoms with Gasteiger partial charge in [-0.25, -0.2) is 9.79 Å². The van der Waals surface area contributed by atoms with E-state index in [-0.39, 0.29) is 11.7 Å². The minimum atomic E-state index is -0.660. The molecule has 7 nitrogen and oxygen atoms in total. The summed E-state index contributed by atoms with van der Waals surface area (Å²) in [6.45, 7) is 5.33. The van der Waals surface area contributed by atoms with Gasteiger partial charge in [-0.15, -0.1) is 0 Å². The van der Waals surface area contributed by atoms with Crippen LogP contribution in [0.25, 0.3) is 6.08 Å². The fourth-order valence-electron chi connectivity index (χ4n) is 3.46. The van der Waals surface area contributed by atoms with E-state index in [0.717, 1.165) is 5.56 Å². The molecular weight excluding hydrogens is 416 g/mol. The molecule has 1 aliphatic rings. The summed E-state index contributed by atoms with van der Waals surface area (Å²) in [7, 11) is 1.59. The monoisotopic (exact) mass is 438 g/mol. The maximum absolute atomic E-state index is 13.4. The zero-order valence-electron chi connectivity index (χ0n) is 17.6. The van der Waals surface area contributed by atoms with Gasteiger partial charge in [-0.1, -0.05) is 23.5 Å². The molecule has 3 aromatic rings. The number of thiazole rings is 1. The highest BCUT2D eigenvalue weighted by Gasteiger charge is 2.33. The summed E-state index contributed by atoms with van der Waals surface area (Å²) in [6.07, 6.45) is 2.93. The van der Waals surface area contributed by atoms with E-state index in [2.05, 4.69) is 4.99 Å². The zero-order valence-corrected chi connectivity index (χ0v) is 18.4. The standard InChI is InChI=1S/C23H22N2O5S/c1-13(2)30-22(27)19-14(3)24-23-25(20(19)15-7-9-16(28-4)10-8-15)21(26)18(31-23)12-17-6-5-11-29-17/h5-13,20H,1-4H3/b18-12+/t20-/m1/s1. The number of ether oxygens (including phenoxy) is 2. The SMILES string of the molecule is COc1ccc([C@@H]2C(C(=O)OC(C)C)=C(C)N=c3s/c(=C/c4ccco4)c(=O)n32)cc1. The summed E-state index contributed by atoms with van der Waals surface area (Å²) in [5.41, 5.74) is 1.38. The molecule has 8 heteroatoms. The van der Waals surface area contributed by atoms with Gasteiger partial charge < -0.3 is 13.9 Å². The average molecular weight is 439 g/mol. The first-order chi connectivity index (χ1) is 14.9. The average Bonchev–Trinajstić information content (AvgIpc) is 3.35. The molecule has 0 amide bonds. The second-order valence-electron chi connectivity index (χ2n) is 7.32. The van der Waals surface area contributed by atoms with Crippen LogP contribution in [0.2, 0.25) is 0 Å². The van der Waals surface area contributed by atoms with E-state index >= 15 is 0 Å². The number of furan rings is 1. The third-order valence-electron chi connectivity index (χ3n) is 4.83. The Morgan fingerprint density at radius 2 is 2.00 bits per heavy atom. The molecule has 0 saturated heterocycles. The predicted molar refractivity (Wildman–Crippen MR) is 117 cm³/mol. The first-order valence-electron chi connectivity index (χ1n) is 9.80. The molecule has 0 spiro atoms. The molecule has 0 N–H and O–H groups in total. The van der Waals surface area contributed by atoms with Crippen molar-refractivity contribution in [3.63, 3.8) is 0 Å². The van der Waals surface area contributed by atoms with Crippen LogP contribution in [-0.4, -0.2) is 23.8 Å². The molecule has 1 aliphatic heterocycles. The van der Waals surface area contributed by atoms with Crippen molar-refractivity contribution in [2.75, 3.05) is 7.11 Å². The lowest BCUT2D eigenvalue weighted by atomic mass is 9.96. The largest absolute Gasteiger partial charge is 0.497 e. The molecule has 1 aromatic carbocycles. The lowest BCUT2D eigenvalue weighted by molar-refractivity contribution is -0.143. The summed E-state index contributed by atoms with van der Waals surface area (Å²) in [6, 6.07) is 10.2. The summed E-state index contributed by atoms with van der Waals surface area (Å²) in [5, 5.41) is 0.